The summed E-state index contributed by atoms with van der Waals surface area (Å²) in [5.74, 6) is 0.665. The zero-order chi connectivity index (χ0) is 20.3. The minimum atomic E-state index is -3.42. The zero-order valence-electron chi connectivity index (χ0n) is 17.7. The van der Waals surface area contributed by atoms with E-state index in [4.69, 9.17) is 4.74 Å². The van der Waals surface area contributed by atoms with E-state index in [1.807, 2.05) is 26.0 Å². The van der Waals surface area contributed by atoms with Gasteiger partial charge >= 0.3 is 0 Å². The summed E-state index contributed by atoms with van der Waals surface area (Å²) in [5.41, 5.74) is 1.91. The highest BCUT2D eigenvalue weighted by molar-refractivity contribution is 7.89. The Balaban J connectivity index is 1.54. The van der Waals surface area contributed by atoms with Gasteiger partial charge in [0.05, 0.1) is 17.6 Å². The molecule has 7 heteroatoms. The van der Waals surface area contributed by atoms with Crippen molar-refractivity contribution < 1.29 is 13.2 Å². The summed E-state index contributed by atoms with van der Waals surface area (Å²) < 4.78 is 33.7. The predicted octanol–water partition coefficient (Wildman–Crippen LogP) is 1.97. The average molecular weight is 410 g/mol. The number of piperazine rings is 1. The predicted molar refractivity (Wildman–Crippen MR) is 112 cm³/mol. The van der Waals surface area contributed by atoms with Crippen molar-refractivity contribution in [3.05, 3.63) is 29.3 Å². The van der Waals surface area contributed by atoms with E-state index in [1.165, 1.54) is 0 Å². The van der Waals surface area contributed by atoms with Crippen molar-refractivity contribution >= 4 is 10.0 Å². The molecule has 0 N–H and O–H groups in total. The summed E-state index contributed by atoms with van der Waals surface area (Å²) in [7, 11) is -3.42. The number of aryl methyl sites for hydroxylation is 2. The molecule has 0 spiro atoms. The minimum Gasteiger partial charge on any atom is -0.374 e. The van der Waals surface area contributed by atoms with Gasteiger partial charge in [-0.05, 0) is 31.4 Å². The van der Waals surface area contributed by atoms with Crippen LogP contribution in [0.2, 0.25) is 0 Å². The minimum absolute atomic E-state index is 0.218. The van der Waals surface area contributed by atoms with Gasteiger partial charge in [0.1, 0.15) is 0 Å². The van der Waals surface area contributed by atoms with Gasteiger partial charge in [-0.15, -0.1) is 0 Å². The van der Waals surface area contributed by atoms with Gasteiger partial charge in [-0.2, -0.15) is 4.31 Å². The van der Waals surface area contributed by atoms with Crippen LogP contribution in [0.25, 0.3) is 0 Å². The monoisotopic (exact) mass is 409 g/mol. The van der Waals surface area contributed by atoms with Gasteiger partial charge in [0.15, 0.2) is 0 Å². The molecule has 0 bridgehead atoms. The average Bonchev–Trinajstić information content (AvgIpc) is 2.61. The largest absolute Gasteiger partial charge is 0.374 e. The zero-order valence-corrected chi connectivity index (χ0v) is 18.5. The molecule has 1 aromatic rings. The van der Waals surface area contributed by atoms with Gasteiger partial charge in [-0.3, -0.25) is 9.80 Å². The molecule has 0 unspecified atom stereocenters. The molecule has 1 atom stereocenters. The van der Waals surface area contributed by atoms with Gasteiger partial charge < -0.3 is 4.74 Å². The number of sulfonamides is 1. The summed E-state index contributed by atoms with van der Waals surface area (Å²) in [6.45, 7) is 15.7. The first-order valence-electron chi connectivity index (χ1n) is 10.4. The van der Waals surface area contributed by atoms with E-state index >= 15 is 0 Å². The van der Waals surface area contributed by atoms with Crippen LogP contribution in [0.4, 0.5) is 0 Å². The fourth-order valence-corrected chi connectivity index (χ4v) is 5.87. The van der Waals surface area contributed by atoms with Crippen LogP contribution in [0.3, 0.4) is 0 Å². The Bertz CT molecular complexity index is 758. The second-order valence-electron chi connectivity index (χ2n) is 8.62. The van der Waals surface area contributed by atoms with Gasteiger partial charge in [-0.25, -0.2) is 8.42 Å². The Morgan fingerprint density at radius 3 is 2.43 bits per heavy atom. The molecule has 1 aromatic carbocycles. The molecule has 0 aromatic heterocycles. The molecule has 6 nitrogen and oxygen atoms in total. The third kappa shape index (κ3) is 5.33. The maximum Gasteiger partial charge on any atom is 0.243 e. The van der Waals surface area contributed by atoms with E-state index in [9.17, 15) is 8.42 Å². The summed E-state index contributed by atoms with van der Waals surface area (Å²) in [5, 5.41) is 0. The molecular formula is C21H35N3O3S. The third-order valence-corrected chi connectivity index (χ3v) is 7.65. The van der Waals surface area contributed by atoms with E-state index < -0.39 is 10.0 Å². The molecule has 3 rings (SSSR count). The first kappa shape index (κ1) is 21.7. The summed E-state index contributed by atoms with van der Waals surface area (Å²) in [6.07, 6.45) is 0.218. The molecule has 2 fully saturated rings. The Morgan fingerprint density at radius 2 is 1.79 bits per heavy atom. The SMILES string of the molecule is Cc1ccc(S(=O)(=O)N2CCN(C[C@@H]3CN(CC(C)C)CCO3)CC2)c(C)c1. The molecular weight excluding hydrogens is 374 g/mol. The lowest BCUT2D eigenvalue weighted by Crippen LogP contribution is -2.53. The highest BCUT2D eigenvalue weighted by atomic mass is 32.2. The summed E-state index contributed by atoms with van der Waals surface area (Å²) in [6, 6.07) is 5.55. The van der Waals surface area contributed by atoms with Crippen LogP contribution in [0.5, 0.6) is 0 Å². The third-order valence-electron chi connectivity index (χ3n) is 5.59. The van der Waals surface area contributed by atoms with Crippen molar-refractivity contribution in [1.29, 1.82) is 0 Å². The van der Waals surface area contributed by atoms with Crippen LogP contribution < -0.4 is 0 Å². The van der Waals surface area contributed by atoms with Gasteiger partial charge in [0.25, 0.3) is 0 Å². The number of benzene rings is 1. The second-order valence-corrected chi connectivity index (χ2v) is 10.5. The molecule has 2 aliphatic heterocycles. The van der Waals surface area contributed by atoms with Crippen molar-refractivity contribution in [2.75, 3.05) is 59.0 Å². The normalized spacial score (nSPS) is 23.4. The van der Waals surface area contributed by atoms with E-state index in [0.29, 0.717) is 23.9 Å². The summed E-state index contributed by atoms with van der Waals surface area (Å²) in [4.78, 5) is 5.27. The number of ether oxygens (including phenoxy) is 1. The second kappa shape index (κ2) is 9.22. The van der Waals surface area contributed by atoms with Gasteiger partial charge in [-0.1, -0.05) is 31.5 Å². The Labute approximate surface area is 170 Å². The van der Waals surface area contributed by atoms with Crippen LogP contribution >= 0.6 is 0 Å². The van der Waals surface area contributed by atoms with Crippen LogP contribution in [-0.4, -0.2) is 87.6 Å². The molecule has 0 radical (unpaired) electrons. The topological polar surface area (TPSA) is 53.1 Å². The lowest BCUT2D eigenvalue weighted by molar-refractivity contribution is -0.0486. The van der Waals surface area contributed by atoms with Crippen LogP contribution in [0.1, 0.15) is 25.0 Å². The number of morpholine rings is 1. The molecule has 2 saturated heterocycles. The quantitative estimate of drug-likeness (QED) is 0.719. The number of hydrogen-bond donors (Lipinski definition) is 0. The summed E-state index contributed by atoms with van der Waals surface area (Å²) >= 11 is 0. The molecule has 0 aliphatic carbocycles. The standard InChI is InChI=1S/C21H35N3O3S/c1-17(2)14-23-11-12-27-20(16-23)15-22-7-9-24(10-8-22)28(25,26)21-6-5-18(3)13-19(21)4/h5-6,13,17,20H,7-12,14-16H2,1-4H3/t20-/m1/s1. The van der Waals surface area contributed by atoms with E-state index in [-0.39, 0.29) is 6.10 Å². The smallest absolute Gasteiger partial charge is 0.243 e. The van der Waals surface area contributed by atoms with E-state index in [2.05, 4.69) is 23.6 Å². The van der Waals surface area contributed by atoms with Crippen molar-refractivity contribution in [3.8, 4) is 0 Å². The van der Waals surface area contributed by atoms with E-state index in [0.717, 1.165) is 57.0 Å². The lowest BCUT2D eigenvalue weighted by atomic mass is 10.1. The maximum atomic E-state index is 13.0. The number of hydrogen-bond acceptors (Lipinski definition) is 5. The molecule has 2 heterocycles. The first-order valence-corrected chi connectivity index (χ1v) is 11.8. The first-order chi connectivity index (χ1) is 13.3. The molecule has 0 amide bonds. The highest BCUT2D eigenvalue weighted by Gasteiger charge is 2.31. The Morgan fingerprint density at radius 1 is 1.07 bits per heavy atom. The van der Waals surface area contributed by atoms with Crippen molar-refractivity contribution in [3.63, 3.8) is 0 Å². The van der Waals surface area contributed by atoms with Crippen molar-refractivity contribution in [2.24, 2.45) is 5.92 Å². The number of nitrogens with zero attached hydrogens (tertiary/aromatic N) is 3. The lowest BCUT2D eigenvalue weighted by Gasteiger charge is -2.39. The highest BCUT2D eigenvalue weighted by Crippen LogP contribution is 2.22. The fourth-order valence-electron chi connectivity index (χ4n) is 4.24. The van der Waals surface area contributed by atoms with Crippen molar-refractivity contribution in [2.45, 2.75) is 38.7 Å². The van der Waals surface area contributed by atoms with Gasteiger partial charge in [0.2, 0.25) is 10.0 Å². The number of rotatable bonds is 6. The Hall–Kier alpha value is -0.990. The molecule has 0 saturated carbocycles. The van der Waals surface area contributed by atoms with Crippen LogP contribution in [0.15, 0.2) is 23.1 Å². The van der Waals surface area contributed by atoms with Crippen molar-refractivity contribution in [1.82, 2.24) is 14.1 Å². The maximum absolute atomic E-state index is 13.0. The Kier molecular flexibility index (Phi) is 7.15. The fraction of sp³-hybridized carbons (Fsp3) is 0.714. The van der Waals surface area contributed by atoms with E-state index in [1.54, 1.807) is 10.4 Å². The molecule has 158 valence electrons. The molecule has 2 aliphatic rings. The van der Waals surface area contributed by atoms with Crippen LogP contribution in [-0.2, 0) is 14.8 Å². The van der Waals surface area contributed by atoms with Gasteiger partial charge in [0, 0.05) is 52.4 Å². The van der Waals surface area contributed by atoms with Crippen LogP contribution in [0, 0.1) is 19.8 Å². The molecule has 28 heavy (non-hydrogen) atoms.